The maximum atomic E-state index is 12.6. The molecule has 0 aliphatic carbocycles. The standard InChI is InChI=1S/C14H21N3O4S/c1-16-7-8-17(12(10-16)6-9-18)14(19)11-2-4-13(5-3-11)22(15,20)21/h2-5,12,18H,6-10H2,1H3,(H2,15,20,21)/t12-/m1/s1. The number of rotatable bonds is 4. The van der Waals surface area contributed by atoms with Gasteiger partial charge in [-0.05, 0) is 37.7 Å². The molecule has 0 radical (unpaired) electrons. The highest BCUT2D eigenvalue weighted by molar-refractivity contribution is 7.89. The third kappa shape index (κ3) is 3.83. The minimum absolute atomic E-state index is 0.0191. The molecule has 1 saturated heterocycles. The van der Waals surface area contributed by atoms with Crippen LogP contribution in [0.5, 0.6) is 0 Å². The molecule has 0 unspecified atom stereocenters. The third-order valence-electron chi connectivity index (χ3n) is 3.84. The molecule has 3 N–H and O–H groups in total. The van der Waals surface area contributed by atoms with Crippen LogP contribution in [0.4, 0.5) is 0 Å². The number of carbonyl (C=O) groups excluding carboxylic acids is 1. The number of hydrogen-bond acceptors (Lipinski definition) is 5. The average Bonchev–Trinajstić information content (AvgIpc) is 2.46. The average molecular weight is 327 g/mol. The van der Waals surface area contributed by atoms with Crippen LogP contribution in [-0.4, -0.2) is 68.6 Å². The Morgan fingerprint density at radius 3 is 2.50 bits per heavy atom. The quantitative estimate of drug-likeness (QED) is 0.774. The van der Waals surface area contributed by atoms with Crippen LogP contribution in [0.25, 0.3) is 0 Å². The van der Waals surface area contributed by atoms with Gasteiger partial charge in [0.25, 0.3) is 5.91 Å². The zero-order valence-electron chi connectivity index (χ0n) is 12.5. The molecule has 1 aliphatic rings. The molecule has 1 aromatic carbocycles. The molecule has 8 heteroatoms. The van der Waals surface area contributed by atoms with E-state index < -0.39 is 10.0 Å². The van der Waals surface area contributed by atoms with E-state index in [2.05, 4.69) is 4.90 Å². The van der Waals surface area contributed by atoms with Crippen molar-refractivity contribution < 1.29 is 18.3 Å². The van der Waals surface area contributed by atoms with Crippen molar-refractivity contribution in [3.05, 3.63) is 29.8 Å². The monoisotopic (exact) mass is 327 g/mol. The van der Waals surface area contributed by atoms with Crippen LogP contribution in [0.2, 0.25) is 0 Å². The van der Waals surface area contributed by atoms with Gasteiger partial charge < -0.3 is 14.9 Å². The van der Waals surface area contributed by atoms with Gasteiger partial charge in [0.15, 0.2) is 0 Å². The Balaban J connectivity index is 2.19. The molecule has 0 aromatic heterocycles. The molecule has 1 amide bonds. The van der Waals surface area contributed by atoms with E-state index in [1.54, 1.807) is 4.90 Å². The summed E-state index contributed by atoms with van der Waals surface area (Å²) in [5, 5.41) is 14.2. The number of hydrogen-bond donors (Lipinski definition) is 2. The van der Waals surface area contributed by atoms with Crippen molar-refractivity contribution >= 4 is 15.9 Å². The fraction of sp³-hybridized carbons (Fsp3) is 0.500. The largest absolute Gasteiger partial charge is 0.396 e. The zero-order valence-corrected chi connectivity index (χ0v) is 13.3. The normalized spacial score (nSPS) is 20.1. The van der Waals surface area contributed by atoms with Crippen molar-refractivity contribution in [2.24, 2.45) is 5.14 Å². The molecule has 0 spiro atoms. The number of nitrogens with zero attached hydrogens (tertiary/aromatic N) is 2. The number of piperazine rings is 1. The van der Waals surface area contributed by atoms with Gasteiger partial charge in [0, 0.05) is 37.8 Å². The first kappa shape index (κ1) is 16.9. The van der Waals surface area contributed by atoms with Gasteiger partial charge in [-0.3, -0.25) is 4.79 Å². The number of primary sulfonamides is 1. The summed E-state index contributed by atoms with van der Waals surface area (Å²) in [4.78, 5) is 16.4. The van der Waals surface area contributed by atoms with Crippen LogP contribution in [-0.2, 0) is 10.0 Å². The van der Waals surface area contributed by atoms with Crippen LogP contribution >= 0.6 is 0 Å². The summed E-state index contributed by atoms with van der Waals surface area (Å²) in [6.07, 6.45) is 0.519. The summed E-state index contributed by atoms with van der Waals surface area (Å²) in [5.41, 5.74) is 0.417. The van der Waals surface area contributed by atoms with Crippen LogP contribution < -0.4 is 5.14 Å². The second-order valence-corrected chi connectivity index (χ2v) is 7.06. The smallest absolute Gasteiger partial charge is 0.254 e. The topological polar surface area (TPSA) is 104 Å². The van der Waals surface area contributed by atoms with Gasteiger partial charge in [-0.2, -0.15) is 0 Å². The Morgan fingerprint density at radius 1 is 1.32 bits per heavy atom. The maximum absolute atomic E-state index is 12.6. The molecule has 122 valence electrons. The Kier molecular flexibility index (Phi) is 5.17. The summed E-state index contributed by atoms with van der Waals surface area (Å²) in [6.45, 7) is 2.08. The Morgan fingerprint density at radius 2 is 1.95 bits per heavy atom. The highest BCUT2D eigenvalue weighted by Gasteiger charge is 2.29. The van der Waals surface area contributed by atoms with Crippen LogP contribution in [0.3, 0.4) is 0 Å². The van der Waals surface area contributed by atoms with Gasteiger partial charge in [-0.25, -0.2) is 13.6 Å². The third-order valence-corrected chi connectivity index (χ3v) is 4.77. The Bertz CT molecular complexity index is 630. The van der Waals surface area contributed by atoms with Crippen molar-refractivity contribution in [1.82, 2.24) is 9.80 Å². The summed E-state index contributed by atoms with van der Waals surface area (Å²) >= 11 is 0. The number of aliphatic hydroxyl groups is 1. The van der Waals surface area contributed by atoms with Gasteiger partial charge in [0.2, 0.25) is 10.0 Å². The molecular formula is C14H21N3O4S. The predicted molar refractivity (Wildman–Crippen MR) is 81.8 cm³/mol. The highest BCUT2D eigenvalue weighted by Crippen LogP contribution is 2.17. The lowest BCUT2D eigenvalue weighted by Gasteiger charge is -2.40. The number of likely N-dealkylation sites (N-methyl/N-ethyl adjacent to an activating group) is 1. The minimum Gasteiger partial charge on any atom is -0.396 e. The van der Waals surface area contributed by atoms with Gasteiger partial charge in [0.1, 0.15) is 0 Å². The molecule has 1 aliphatic heterocycles. The van der Waals surface area contributed by atoms with Crippen molar-refractivity contribution in [3.8, 4) is 0 Å². The summed E-state index contributed by atoms with van der Waals surface area (Å²) in [7, 11) is -1.78. The molecular weight excluding hydrogens is 306 g/mol. The summed E-state index contributed by atoms with van der Waals surface area (Å²) in [6, 6.07) is 5.56. The Hall–Kier alpha value is -1.48. The van der Waals surface area contributed by atoms with E-state index in [0.29, 0.717) is 25.1 Å². The summed E-state index contributed by atoms with van der Waals surface area (Å²) < 4.78 is 22.5. The van der Waals surface area contributed by atoms with E-state index in [9.17, 15) is 13.2 Å². The number of carbonyl (C=O) groups is 1. The molecule has 1 fully saturated rings. The van der Waals surface area contributed by atoms with Gasteiger partial charge in [0.05, 0.1) is 4.90 Å². The first-order chi connectivity index (χ1) is 10.3. The van der Waals surface area contributed by atoms with Gasteiger partial charge in [-0.15, -0.1) is 0 Å². The van der Waals surface area contributed by atoms with Crippen molar-refractivity contribution in [1.29, 1.82) is 0 Å². The zero-order chi connectivity index (χ0) is 16.3. The first-order valence-electron chi connectivity index (χ1n) is 7.06. The predicted octanol–water partition coefficient (Wildman–Crippen LogP) is -0.527. The molecule has 1 heterocycles. The molecule has 1 aromatic rings. The van der Waals surface area contributed by atoms with E-state index in [-0.39, 0.29) is 23.5 Å². The SMILES string of the molecule is CN1CCN(C(=O)c2ccc(S(N)(=O)=O)cc2)[C@H](CCO)C1. The van der Waals surface area contributed by atoms with E-state index in [1.807, 2.05) is 7.05 Å². The number of amides is 1. The van der Waals surface area contributed by atoms with E-state index >= 15 is 0 Å². The lowest BCUT2D eigenvalue weighted by atomic mass is 10.1. The van der Waals surface area contributed by atoms with Crippen molar-refractivity contribution in [3.63, 3.8) is 0 Å². The first-order valence-corrected chi connectivity index (χ1v) is 8.61. The molecule has 22 heavy (non-hydrogen) atoms. The number of sulfonamides is 1. The molecule has 7 nitrogen and oxygen atoms in total. The van der Waals surface area contributed by atoms with Crippen molar-refractivity contribution in [2.75, 3.05) is 33.3 Å². The van der Waals surface area contributed by atoms with E-state index in [4.69, 9.17) is 10.2 Å². The molecule has 1 atom stereocenters. The van der Waals surface area contributed by atoms with Crippen LogP contribution in [0.1, 0.15) is 16.8 Å². The minimum atomic E-state index is -3.76. The van der Waals surface area contributed by atoms with Crippen LogP contribution in [0.15, 0.2) is 29.2 Å². The molecule has 0 saturated carbocycles. The second kappa shape index (κ2) is 6.74. The second-order valence-electron chi connectivity index (χ2n) is 5.50. The lowest BCUT2D eigenvalue weighted by Crippen LogP contribution is -2.54. The fourth-order valence-electron chi connectivity index (χ4n) is 2.63. The number of benzene rings is 1. The molecule has 0 bridgehead atoms. The lowest BCUT2D eigenvalue weighted by molar-refractivity contribution is 0.0448. The maximum Gasteiger partial charge on any atom is 0.254 e. The fourth-order valence-corrected chi connectivity index (χ4v) is 3.14. The van der Waals surface area contributed by atoms with E-state index in [1.165, 1.54) is 24.3 Å². The number of aliphatic hydroxyl groups excluding tert-OH is 1. The van der Waals surface area contributed by atoms with Crippen LogP contribution in [0, 0.1) is 0 Å². The molecule has 2 rings (SSSR count). The summed E-state index contributed by atoms with van der Waals surface area (Å²) in [5.74, 6) is -0.160. The van der Waals surface area contributed by atoms with Gasteiger partial charge in [-0.1, -0.05) is 0 Å². The van der Waals surface area contributed by atoms with E-state index in [0.717, 1.165) is 6.54 Å². The van der Waals surface area contributed by atoms with Crippen molar-refractivity contribution in [2.45, 2.75) is 17.4 Å². The highest BCUT2D eigenvalue weighted by atomic mass is 32.2. The number of nitrogens with two attached hydrogens (primary N) is 1. The van der Waals surface area contributed by atoms with Gasteiger partial charge >= 0.3 is 0 Å². The Labute approximate surface area is 130 Å².